The Morgan fingerprint density at radius 2 is 2.10 bits per heavy atom. The minimum atomic E-state index is -0.847. The van der Waals surface area contributed by atoms with Gasteiger partial charge in [-0.05, 0) is 26.0 Å². The van der Waals surface area contributed by atoms with Crippen LogP contribution in [0.2, 0.25) is 0 Å². The summed E-state index contributed by atoms with van der Waals surface area (Å²) in [5, 5.41) is 10.6. The van der Waals surface area contributed by atoms with Gasteiger partial charge in [-0.3, -0.25) is 10.1 Å². The molecule has 1 aromatic carbocycles. The average molecular weight is 282 g/mol. The first-order chi connectivity index (χ1) is 9.47. The molecule has 1 saturated heterocycles. The molecule has 0 bridgehead atoms. The fourth-order valence-corrected chi connectivity index (χ4v) is 2.10. The van der Waals surface area contributed by atoms with Crippen LogP contribution in [0.15, 0.2) is 18.2 Å². The van der Waals surface area contributed by atoms with Crippen molar-refractivity contribution in [1.82, 2.24) is 4.90 Å². The zero-order valence-electron chi connectivity index (χ0n) is 11.0. The van der Waals surface area contributed by atoms with Crippen molar-refractivity contribution in [2.24, 2.45) is 0 Å². The lowest BCUT2D eigenvalue weighted by Crippen LogP contribution is -2.35. The smallest absolute Gasteiger partial charge is 0.341 e. The van der Waals surface area contributed by atoms with Crippen LogP contribution in [0.5, 0.6) is 0 Å². The molecule has 2 rings (SSSR count). The maximum Gasteiger partial charge on any atom is 0.341 e. The molecule has 1 aromatic rings. The summed E-state index contributed by atoms with van der Waals surface area (Å²) >= 11 is 0. The van der Waals surface area contributed by atoms with E-state index < -0.39 is 22.3 Å². The van der Waals surface area contributed by atoms with Gasteiger partial charge in [-0.15, -0.1) is 0 Å². The third kappa shape index (κ3) is 3.30. The van der Waals surface area contributed by atoms with Crippen LogP contribution in [0.25, 0.3) is 0 Å². The molecular formula is C13H15FN2O4. The van der Waals surface area contributed by atoms with Crippen molar-refractivity contribution in [3.8, 4) is 0 Å². The predicted molar refractivity (Wildman–Crippen MR) is 69.0 cm³/mol. The first-order valence-corrected chi connectivity index (χ1v) is 6.31. The van der Waals surface area contributed by atoms with Gasteiger partial charge in [-0.25, -0.2) is 9.18 Å². The molecule has 0 radical (unpaired) electrons. The number of non-ortho nitro benzene ring substituents is 1. The van der Waals surface area contributed by atoms with Gasteiger partial charge in [-0.1, -0.05) is 0 Å². The minimum absolute atomic E-state index is 0.266. The minimum Gasteiger partial charge on any atom is -0.459 e. The van der Waals surface area contributed by atoms with Gasteiger partial charge in [-0.2, -0.15) is 0 Å². The molecule has 7 heteroatoms. The van der Waals surface area contributed by atoms with E-state index in [9.17, 15) is 19.3 Å². The second kappa shape index (κ2) is 5.96. The quantitative estimate of drug-likeness (QED) is 0.481. The summed E-state index contributed by atoms with van der Waals surface area (Å²) in [6.45, 7) is 1.60. The lowest BCUT2D eigenvalue weighted by Gasteiger charge is -2.28. The number of carbonyl (C=O) groups is 1. The molecule has 1 heterocycles. The molecule has 1 aliphatic rings. The van der Waals surface area contributed by atoms with E-state index in [1.54, 1.807) is 0 Å². The molecule has 0 N–H and O–H groups in total. The summed E-state index contributed by atoms with van der Waals surface area (Å²) in [5.41, 5.74) is -0.722. The molecule has 0 amide bonds. The summed E-state index contributed by atoms with van der Waals surface area (Å²) in [7, 11) is 1.97. The molecule has 1 aliphatic heterocycles. The lowest BCUT2D eigenvalue weighted by molar-refractivity contribution is -0.384. The van der Waals surface area contributed by atoms with Crippen molar-refractivity contribution in [2.75, 3.05) is 20.1 Å². The number of benzene rings is 1. The fourth-order valence-electron chi connectivity index (χ4n) is 2.10. The SMILES string of the molecule is CN1CCC(OC(=O)c2cc([N+](=O)[O-])ccc2F)CC1. The highest BCUT2D eigenvalue weighted by Crippen LogP contribution is 2.20. The molecular weight excluding hydrogens is 267 g/mol. The number of nitro benzene ring substituents is 1. The summed E-state index contributed by atoms with van der Waals surface area (Å²) in [6.07, 6.45) is 1.09. The third-order valence-corrected chi connectivity index (χ3v) is 3.32. The summed E-state index contributed by atoms with van der Waals surface area (Å²) in [6, 6.07) is 2.83. The van der Waals surface area contributed by atoms with E-state index in [4.69, 9.17) is 4.74 Å². The molecule has 0 spiro atoms. The van der Waals surface area contributed by atoms with Crippen LogP contribution in [0.3, 0.4) is 0 Å². The lowest BCUT2D eigenvalue weighted by atomic mass is 10.1. The number of nitro groups is 1. The Balaban J connectivity index is 2.08. The molecule has 1 fully saturated rings. The number of hydrogen-bond donors (Lipinski definition) is 0. The predicted octanol–water partition coefficient (Wildman–Crippen LogP) is 1.98. The number of ether oxygens (including phenoxy) is 1. The number of likely N-dealkylation sites (tertiary alicyclic amines) is 1. The van der Waals surface area contributed by atoms with Gasteiger partial charge in [0.25, 0.3) is 5.69 Å². The van der Waals surface area contributed by atoms with Gasteiger partial charge in [0, 0.05) is 25.2 Å². The van der Waals surface area contributed by atoms with Gasteiger partial charge < -0.3 is 9.64 Å². The zero-order chi connectivity index (χ0) is 14.7. The highest BCUT2D eigenvalue weighted by Gasteiger charge is 2.24. The van der Waals surface area contributed by atoms with E-state index in [0.29, 0.717) is 12.8 Å². The number of carbonyl (C=O) groups excluding carboxylic acids is 1. The maximum atomic E-state index is 13.6. The maximum absolute atomic E-state index is 13.6. The van der Waals surface area contributed by atoms with Crippen LogP contribution in [0.4, 0.5) is 10.1 Å². The van der Waals surface area contributed by atoms with Gasteiger partial charge in [0.2, 0.25) is 0 Å². The van der Waals surface area contributed by atoms with Crippen molar-refractivity contribution >= 4 is 11.7 Å². The van der Waals surface area contributed by atoms with Gasteiger partial charge in [0.05, 0.1) is 4.92 Å². The highest BCUT2D eigenvalue weighted by atomic mass is 19.1. The van der Waals surface area contributed by atoms with E-state index in [1.807, 2.05) is 7.05 Å². The Kier molecular flexibility index (Phi) is 4.29. The topological polar surface area (TPSA) is 72.7 Å². The highest BCUT2D eigenvalue weighted by molar-refractivity contribution is 5.90. The van der Waals surface area contributed by atoms with Crippen molar-refractivity contribution in [1.29, 1.82) is 0 Å². The average Bonchev–Trinajstić information content (AvgIpc) is 2.41. The Hall–Kier alpha value is -2.02. The van der Waals surface area contributed by atoms with Gasteiger partial charge >= 0.3 is 5.97 Å². The second-order valence-corrected chi connectivity index (χ2v) is 4.83. The van der Waals surface area contributed by atoms with E-state index in [0.717, 1.165) is 31.3 Å². The van der Waals surface area contributed by atoms with E-state index in [-0.39, 0.29) is 11.8 Å². The van der Waals surface area contributed by atoms with E-state index >= 15 is 0 Å². The second-order valence-electron chi connectivity index (χ2n) is 4.83. The Morgan fingerprint density at radius 3 is 2.70 bits per heavy atom. The van der Waals surface area contributed by atoms with Crippen molar-refractivity contribution in [3.05, 3.63) is 39.7 Å². The van der Waals surface area contributed by atoms with Crippen molar-refractivity contribution < 1.29 is 18.8 Å². The van der Waals surface area contributed by atoms with Crippen LogP contribution >= 0.6 is 0 Å². The Bertz CT molecular complexity index is 527. The van der Waals surface area contributed by atoms with Crippen molar-refractivity contribution in [2.45, 2.75) is 18.9 Å². The molecule has 0 atom stereocenters. The zero-order valence-corrected chi connectivity index (χ0v) is 11.0. The van der Waals surface area contributed by atoms with Crippen LogP contribution in [0, 0.1) is 15.9 Å². The number of nitrogens with zero attached hydrogens (tertiary/aromatic N) is 2. The van der Waals surface area contributed by atoms with Gasteiger partial charge in [0.1, 0.15) is 17.5 Å². The Morgan fingerprint density at radius 1 is 1.45 bits per heavy atom. The molecule has 0 unspecified atom stereocenters. The number of piperidine rings is 1. The van der Waals surface area contributed by atoms with Crippen LogP contribution in [-0.4, -0.2) is 42.0 Å². The summed E-state index contributed by atoms with van der Waals surface area (Å²) in [5.74, 6) is -1.66. The number of halogens is 1. The molecule has 0 saturated carbocycles. The van der Waals surface area contributed by atoms with Crippen LogP contribution in [0.1, 0.15) is 23.2 Å². The molecule has 108 valence electrons. The Labute approximate surface area is 115 Å². The first kappa shape index (κ1) is 14.4. The van der Waals surface area contributed by atoms with E-state index in [1.165, 1.54) is 0 Å². The first-order valence-electron chi connectivity index (χ1n) is 6.31. The third-order valence-electron chi connectivity index (χ3n) is 3.32. The van der Waals surface area contributed by atoms with Crippen molar-refractivity contribution in [3.63, 3.8) is 0 Å². The van der Waals surface area contributed by atoms with E-state index in [2.05, 4.69) is 4.90 Å². The monoisotopic (exact) mass is 282 g/mol. The standard InChI is InChI=1S/C13H15FN2O4/c1-15-6-4-10(5-7-15)20-13(17)11-8-9(16(18)19)2-3-12(11)14/h2-3,8,10H,4-7H2,1H3. The van der Waals surface area contributed by atoms with Gasteiger partial charge in [0.15, 0.2) is 0 Å². The number of esters is 1. The summed E-state index contributed by atoms with van der Waals surface area (Å²) in [4.78, 5) is 24.0. The van der Waals surface area contributed by atoms with Crippen LogP contribution in [-0.2, 0) is 4.74 Å². The normalized spacial score (nSPS) is 16.9. The molecule has 20 heavy (non-hydrogen) atoms. The molecule has 6 nitrogen and oxygen atoms in total. The number of rotatable bonds is 3. The molecule has 0 aromatic heterocycles. The number of hydrogen-bond acceptors (Lipinski definition) is 5. The van der Waals surface area contributed by atoms with Crippen LogP contribution < -0.4 is 0 Å². The molecule has 0 aliphatic carbocycles. The fraction of sp³-hybridized carbons (Fsp3) is 0.462. The largest absolute Gasteiger partial charge is 0.459 e. The summed E-state index contributed by atoms with van der Waals surface area (Å²) < 4.78 is 18.8.